The molecule has 20 heavy (non-hydrogen) atoms. The van der Waals surface area contributed by atoms with Crippen LogP contribution in [0.5, 0.6) is 0 Å². The van der Waals surface area contributed by atoms with Gasteiger partial charge in [0.25, 0.3) is 0 Å². The summed E-state index contributed by atoms with van der Waals surface area (Å²) < 4.78 is 12.2. The Labute approximate surface area is 117 Å². The Bertz CT molecular complexity index is 538. The van der Waals surface area contributed by atoms with Crippen LogP contribution in [0.1, 0.15) is 29.2 Å². The minimum absolute atomic E-state index is 0.0230. The lowest BCUT2D eigenvalue weighted by Gasteiger charge is -2.17. The molecule has 1 atom stereocenters. The van der Waals surface area contributed by atoms with E-state index < -0.39 is 6.67 Å². The number of hydrogen-bond donors (Lipinski definition) is 3. The van der Waals surface area contributed by atoms with Crippen LogP contribution in [-0.4, -0.2) is 24.3 Å². The Balaban J connectivity index is 2.14. The van der Waals surface area contributed by atoms with E-state index in [-0.39, 0.29) is 25.2 Å². The molecule has 0 fully saturated rings. The second kappa shape index (κ2) is 6.87. The van der Waals surface area contributed by atoms with Gasteiger partial charge in [-0.3, -0.25) is 0 Å². The smallest absolute Gasteiger partial charge is 0.209 e. The molecule has 3 N–H and O–H groups in total. The summed E-state index contributed by atoms with van der Waals surface area (Å²) in [4.78, 5) is 3.62. The monoisotopic (exact) mass is 276 g/mol. The fourth-order valence-corrected chi connectivity index (χ4v) is 2.53. The number of aliphatic hydroxyl groups is 1. The standard InChI is InChI=1S/C14H17FN4O/c15-6-7-17-14(18-9-16)19-13-5-4-11-10(8-20)2-1-3-12(11)13/h1-3,13,20H,4-8H2,(H2,17,18,19). The molecular weight excluding hydrogens is 259 g/mol. The average Bonchev–Trinajstić information content (AvgIpc) is 2.88. The van der Waals surface area contributed by atoms with Gasteiger partial charge in [0.1, 0.15) is 6.67 Å². The summed E-state index contributed by atoms with van der Waals surface area (Å²) in [7, 11) is 0. The number of rotatable bonds is 4. The van der Waals surface area contributed by atoms with Crippen LogP contribution in [0.4, 0.5) is 4.39 Å². The third-order valence-corrected chi connectivity index (χ3v) is 3.40. The molecule has 0 aromatic heterocycles. The number of alkyl halides is 1. The van der Waals surface area contributed by atoms with Crippen molar-refractivity contribution in [2.45, 2.75) is 25.5 Å². The van der Waals surface area contributed by atoms with Crippen LogP contribution in [0.3, 0.4) is 0 Å². The van der Waals surface area contributed by atoms with Crippen molar-refractivity contribution in [3.8, 4) is 6.19 Å². The first-order valence-electron chi connectivity index (χ1n) is 6.54. The third-order valence-electron chi connectivity index (χ3n) is 3.40. The van der Waals surface area contributed by atoms with Crippen molar-refractivity contribution in [1.29, 1.82) is 5.26 Å². The van der Waals surface area contributed by atoms with Crippen molar-refractivity contribution >= 4 is 5.96 Å². The van der Waals surface area contributed by atoms with Crippen molar-refractivity contribution in [2.24, 2.45) is 4.99 Å². The van der Waals surface area contributed by atoms with Crippen molar-refractivity contribution in [1.82, 2.24) is 10.6 Å². The van der Waals surface area contributed by atoms with E-state index in [0.29, 0.717) is 0 Å². The molecule has 1 unspecified atom stereocenters. The van der Waals surface area contributed by atoms with Gasteiger partial charge in [0.05, 0.1) is 12.6 Å². The SMILES string of the molecule is N#C/N=C(/NCCF)NC1CCc2c(CO)cccc21. The van der Waals surface area contributed by atoms with E-state index >= 15 is 0 Å². The minimum Gasteiger partial charge on any atom is -0.392 e. The number of nitrogens with zero attached hydrogens (tertiary/aromatic N) is 2. The van der Waals surface area contributed by atoms with Gasteiger partial charge in [-0.05, 0) is 29.5 Å². The Kier molecular flexibility index (Phi) is 4.91. The van der Waals surface area contributed by atoms with Crippen LogP contribution >= 0.6 is 0 Å². The zero-order valence-corrected chi connectivity index (χ0v) is 11.1. The molecule has 1 aromatic carbocycles. The third kappa shape index (κ3) is 3.06. The van der Waals surface area contributed by atoms with Crippen molar-refractivity contribution in [2.75, 3.05) is 13.2 Å². The topological polar surface area (TPSA) is 80.4 Å². The van der Waals surface area contributed by atoms with Gasteiger partial charge in [0.2, 0.25) is 12.2 Å². The average molecular weight is 276 g/mol. The molecule has 0 aliphatic heterocycles. The van der Waals surface area contributed by atoms with E-state index in [2.05, 4.69) is 15.6 Å². The zero-order chi connectivity index (χ0) is 14.4. The maximum Gasteiger partial charge on any atom is 0.209 e. The number of hydrogen-bond acceptors (Lipinski definition) is 3. The van der Waals surface area contributed by atoms with Crippen molar-refractivity contribution < 1.29 is 9.50 Å². The predicted molar refractivity (Wildman–Crippen MR) is 73.6 cm³/mol. The van der Waals surface area contributed by atoms with Crippen LogP contribution in [0.15, 0.2) is 23.2 Å². The second-order valence-electron chi connectivity index (χ2n) is 4.55. The molecular formula is C14H17FN4O. The number of aliphatic imine (C=N–C) groups is 1. The van der Waals surface area contributed by atoms with Crippen molar-refractivity contribution in [3.63, 3.8) is 0 Å². The Morgan fingerprint density at radius 3 is 3.10 bits per heavy atom. The van der Waals surface area contributed by atoms with Gasteiger partial charge in [0, 0.05) is 6.54 Å². The number of nitriles is 1. The highest BCUT2D eigenvalue weighted by Gasteiger charge is 2.24. The maximum absolute atomic E-state index is 12.2. The Morgan fingerprint density at radius 1 is 1.55 bits per heavy atom. The number of aliphatic hydroxyl groups excluding tert-OH is 1. The summed E-state index contributed by atoms with van der Waals surface area (Å²) in [5.41, 5.74) is 3.18. The molecule has 1 aromatic rings. The first kappa shape index (κ1) is 14.3. The largest absolute Gasteiger partial charge is 0.392 e. The fourth-order valence-electron chi connectivity index (χ4n) is 2.53. The first-order chi connectivity index (χ1) is 9.80. The number of halogens is 1. The quantitative estimate of drug-likeness (QED) is 0.438. The summed E-state index contributed by atoms with van der Waals surface area (Å²) >= 11 is 0. The number of nitrogens with one attached hydrogen (secondary N) is 2. The van der Waals surface area contributed by atoms with Crippen LogP contribution in [0, 0.1) is 11.5 Å². The molecule has 0 heterocycles. The highest BCUT2D eigenvalue weighted by Crippen LogP contribution is 2.33. The zero-order valence-electron chi connectivity index (χ0n) is 11.1. The maximum atomic E-state index is 12.2. The molecule has 0 amide bonds. The van der Waals surface area contributed by atoms with Crippen LogP contribution < -0.4 is 10.6 Å². The molecule has 106 valence electrons. The van der Waals surface area contributed by atoms with E-state index in [1.807, 2.05) is 18.2 Å². The van der Waals surface area contributed by atoms with Gasteiger partial charge in [-0.25, -0.2) is 4.39 Å². The molecule has 6 heteroatoms. The van der Waals surface area contributed by atoms with E-state index in [0.717, 1.165) is 29.5 Å². The highest BCUT2D eigenvalue weighted by molar-refractivity contribution is 5.81. The van der Waals surface area contributed by atoms with Gasteiger partial charge in [-0.1, -0.05) is 18.2 Å². The summed E-state index contributed by atoms with van der Waals surface area (Å²) in [6.45, 7) is -0.388. The van der Waals surface area contributed by atoms with Crippen molar-refractivity contribution in [3.05, 3.63) is 34.9 Å². The molecule has 2 rings (SSSR count). The van der Waals surface area contributed by atoms with E-state index in [9.17, 15) is 9.50 Å². The normalized spacial score (nSPS) is 17.4. The van der Waals surface area contributed by atoms with Gasteiger partial charge >= 0.3 is 0 Å². The van der Waals surface area contributed by atoms with Gasteiger partial charge in [0.15, 0.2) is 0 Å². The highest BCUT2D eigenvalue weighted by atomic mass is 19.1. The summed E-state index contributed by atoms with van der Waals surface area (Å²) in [5, 5.41) is 23.8. The minimum atomic E-state index is -0.526. The fraction of sp³-hybridized carbons (Fsp3) is 0.429. The lowest BCUT2D eigenvalue weighted by atomic mass is 10.0. The number of fused-ring (bicyclic) bond motifs is 1. The Hall–Kier alpha value is -2.13. The molecule has 0 saturated heterocycles. The molecule has 0 spiro atoms. The van der Waals surface area contributed by atoms with Gasteiger partial charge in [-0.15, -0.1) is 4.99 Å². The number of benzene rings is 1. The summed E-state index contributed by atoms with van der Waals surface area (Å²) in [6, 6.07) is 5.83. The lowest BCUT2D eigenvalue weighted by Crippen LogP contribution is -2.39. The molecule has 0 radical (unpaired) electrons. The Morgan fingerprint density at radius 2 is 2.40 bits per heavy atom. The first-order valence-corrected chi connectivity index (χ1v) is 6.54. The van der Waals surface area contributed by atoms with E-state index in [1.165, 1.54) is 0 Å². The van der Waals surface area contributed by atoms with Gasteiger partial charge < -0.3 is 15.7 Å². The predicted octanol–water partition coefficient (Wildman–Crippen LogP) is 1.15. The van der Waals surface area contributed by atoms with E-state index in [4.69, 9.17) is 5.26 Å². The molecule has 0 bridgehead atoms. The summed E-state index contributed by atoms with van der Waals surface area (Å²) in [6.07, 6.45) is 3.42. The molecule has 5 nitrogen and oxygen atoms in total. The van der Waals surface area contributed by atoms with Crippen LogP contribution in [0.2, 0.25) is 0 Å². The molecule has 1 aliphatic rings. The summed E-state index contributed by atoms with van der Waals surface area (Å²) in [5.74, 6) is 0.289. The number of guanidine groups is 1. The molecule has 0 saturated carbocycles. The van der Waals surface area contributed by atoms with Crippen LogP contribution in [0.25, 0.3) is 0 Å². The lowest BCUT2D eigenvalue weighted by molar-refractivity contribution is 0.280. The van der Waals surface area contributed by atoms with E-state index in [1.54, 1.807) is 6.19 Å². The second-order valence-corrected chi connectivity index (χ2v) is 4.55. The molecule has 1 aliphatic carbocycles. The van der Waals surface area contributed by atoms with Crippen LogP contribution in [-0.2, 0) is 13.0 Å². The van der Waals surface area contributed by atoms with Gasteiger partial charge in [-0.2, -0.15) is 5.26 Å².